The molecule has 0 aromatic heterocycles. The van der Waals surface area contributed by atoms with Crippen LogP contribution >= 0.6 is 0 Å². The summed E-state index contributed by atoms with van der Waals surface area (Å²) < 4.78 is 10.7. The summed E-state index contributed by atoms with van der Waals surface area (Å²) in [4.78, 5) is 28.8. The van der Waals surface area contributed by atoms with E-state index in [4.69, 9.17) is 9.47 Å². The van der Waals surface area contributed by atoms with Gasteiger partial charge < -0.3 is 40.1 Å². The maximum atomic E-state index is 13.0. The van der Waals surface area contributed by atoms with Gasteiger partial charge >= 0.3 is 12.0 Å². The van der Waals surface area contributed by atoms with Crippen molar-refractivity contribution in [2.45, 2.75) is 51.2 Å². The van der Waals surface area contributed by atoms with E-state index >= 15 is 0 Å². The zero-order chi connectivity index (χ0) is 29.0. The highest BCUT2D eigenvalue weighted by Gasteiger charge is 2.31. The molecule has 2 amide bonds. The smallest absolute Gasteiger partial charge is 0.320 e. The van der Waals surface area contributed by atoms with Gasteiger partial charge in [0.05, 0.1) is 12.5 Å². The van der Waals surface area contributed by atoms with E-state index in [1.165, 1.54) is 5.56 Å². The number of rotatable bonds is 12. The second-order valence-electron chi connectivity index (χ2n) is 10.8. The molecule has 10 heteroatoms. The summed E-state index contributed by atoms with van der Waals surface area (Å²) in [6.45, 7) is 6.25. The Morgan fingerprint density at radius 3 is 2.22 bits per heavy atom. The molecular weight excluding hydrogens is 524 g/mol. The molecule has 2 aliphatic rings. The fourth-order valence-electron chi connectivity index (χ4n) is 5.28. The molecule has 0 saturated carbocycles. The van der Waals surface area contributed by atoms with Crippen molar-refractivity contribution in [1.29, 1.82) is 0 Å². The minimum Gasteiger partial charge on any atom is -0.508 e. The molecule has 0 aliphatic carbocycles. The van der Waals surface area contributed by atoms with Crippen molar-refractivity contribution < 1.29 is 29.3 Å². The number of hydrogen-bond acceptors (Lipinski definition) is 8. The highest BCUT2D eigenvalue weighted by atomic mass is 16.5. The normalized spacial score (nSPS) is 17.2. The zero-order valence-corrected chi connectivity index (χ0v) is 24.0. The number of aliphatic hydroxyl groups is 1. The van der Waals surface area contributed by atoms with Crippen LogP contribution in [-0.4, -0.2) is 96.6 Å². The summed E-state index contributed by atoms with van der Waals surface area (Å²) >= 11 is 0. The van der Waals surface area contributed by atoms with E-state index in [9.17, 15) is 19.8 Å². The lowest BCUT2D eigenvalue weighted by Gasteiger charge is -2.38. The molecule has 4 rings (SSSR count). The standard InChI is InChI=1S/C31H44N4O6/c1-2-40-30(38)24-12-17-34(18-13-24)31(39)35-19-14-26(15-20-35)33-25-5-3-23(4-6-25)11-16-32-21-28(37)22-41-29-9-7-27(36)8-10-29/h3-10,24,26,28,32-33,36-37H,2,11-22H2,1H3. The Morgan fingerprint density at radius 2 is 1.59 bits per heavy atom. The molecule has 2 aromatic rings. The van der Waals surface area contributed by atoms with E-state index in [0.717, 1.165) is 44.6 Å². The number of benzene rings is 2. The second kappa shape index (κ2) is 15.5. The molecule has 2 aliphatic heterocycles. The van der Waals surface area contributed by atoms with Gasteiger partial charge in [-0.25, -0.2) is 4.79 Å². The van der Waals surface area contributed by atoms with Crippen LogP contribution in [0.25, 0.3) is 0 Å². The van der Waals surface area contributed by atoms with Gasteiger partial charge in [0.2, 0.25) is 0 Å². The molecule has 224 valence electrons. The first-order chi connectivity index (χ1) is 19.9. The van der Waals surface area contributed by atoms with Crippen molar-refractivity contribution in [3.63, 3.8) is 0 Å². The second-order valence-corrected chi connectivity index (χ2v) is 10.8. The number of ether oxygens (including phenoxy) is 2. The van der Waals surface area contributed by atoms with Gasteiger partial charge in [-0.2, -0.15) is 0 Å². The number of urea groups is 1. The molecule has 10 nitrogen and oxygen atoms in total. The van der Waals surface area contributed by atoms with E-state index in [0.29, 0.717) is 50.9 Å². The molecule has 1 atom stereocenters. The number of carbonyl (C=O) groups is 2. The van der Waals surface area contributed by atoms with Crippen LogP contribution in [0, 0.1) is 5.92 Å². The van der Waals surface area contributed by atoms with Gasteiger partial charge in [-0.05, 0) is 87.5 Å². The summed E-state index contributed by atoms with van der Waals surface area (Å²) in [6.07, 6.45) is 3.37. The maximum absolute atomic E-state index is 13.0. The lowest BCUT2D eigenvalue weighted by atomic mass is 9.97. The van der Waals surface area contributed by atoms with E-state index in [1.54, 1.807) is 24.3 Å². The summed E-state index contributed by atoms with van der Waals surface area (Å²) in [6, 6.07) is 15.3. The molecule has 41 heavy (non-hydrogen) atoms. The van der Waals surface area contributed by atoms with Gasteiger partial charge in [-0.3, -0.25) is 4.79 Å². The number of phenols is 1. The molecule has 2 heterocycles. The summed E-state index contributed by atoms with van der Waals surface area (Å²) in [5.41, 5.74) is 2.29. The van der Waals surface area contributed by atoms with Crippen molar-refractivity contribution >= 4 is 17.7 Å². The topological polar surface area (TPSA) is 124 Å². The van der Waals surface area contributed by atoms with Gasteiger partial charge in [0.25, 0.3) is 0 Å². The van der Waals surface area contributed by atoms with Gasteiger partial charge in [-0.15, -0.1) is 0 Å². The number of aliphatic hydroxyl groups excluding tert-OH is 1. The molecule has 0 radical (unpaired) electrons. The molecule has 2 aromatic carbocycles. The predicted molar refractivity (Wildman–Crippen MR) is 157 cm³/mol. The Bertz CT molecular complexity index is 1080. The molecule has 0 bridgehead atoms. The van der Waals surface area contributed by atoms with Gasteiger partial charge in [0, 0.05) is 44.5 Å². The SMILES string of the molecule is CCOC(=O)C1CCN(C(=O)N2CCC(Nc3ccc(CCNCC(O)COc4ccc(O)cc4)cc3)CC2)CC1. The summed E-state index contributed by atoms with van der Waals surface area (Å²) in [5.74, 6) is 0.562. The van der Waals surface area contributed by atoms with Crippen molar-refractivity contribution in [3.05, 3.63) is 54.1 Å². The number of esters is 1. The van der Waals surface area contributed by atoms with Gasteiger partial charge in [-0.1, -0.05) is 12.1 Å². The minimum absolute atomic E-state index is 0.0844. The molecular formula is C31H44N4O6. The first-order valence-corrected chi connectivity index (χ1v) is 14.8. The first-order valence-electron chi connectivity index (χ1n) is 14.8. The van der Waals surface area contributed by atoms with E-state index in [1.807, 2.05) is 16.7 Å². The molecule has 1 unspecified atom stereocenters. The molecule has 2 fully saturated rings. The van der Waals surface area contributed by atoms with Crippen molar-refractivity contribution in [2.24, 2.45) is 5.92 Å². The third-order valence-electron chi connectivity index (χ3n) is 7.73. The van der Waals surface area contributed by atoms with Crippen LogP contribution in [0.2, 0.25) is 0 Å². The highest BCUT2D eigenvalue weighted by Crippen LogP contribution is 2.23. The van der Waals surface area contributed by atoms with Crippen LogP contribution < -0.4 is 15.4 Å². The van der Waals surface area contributed by atoms with Crippen LogP contribution in [0.15, 0.2) is 48.5 Å². The quantitative estimate of drug-likeness (QED) is 0.227. The van der Waals surface area contributed by atoms with E-state index in [-0.39, 0.29) is 30.3 Å². The predicted octanol–water partition coefficient (Wildman–Crippen LogP) is 3.24. The number of piperidine rings is 2. The Morgan fingerprint density at radius 1 is 0.951 bits per heavy atom. The molecule has 0 spiro atoms. The first kappa shape index (κ1) is 30.5. The van der Waals surface area contributed by atoms with Gasteiger partial charge in [0.15, 0.2) is 0 Å². The monoisotopic (exact) mass is 568 g/mol. The maximum Gasteiger partial charge on any atom is 0.320 e. The van der Waals surface area contributed by atoms with E-state index in [2.05, 4.69) is 34.9 Å². The third-order valence-corrected chi connectivity index (χ3v) is 7.73. The van der Waals surface area contributed by atoms with Crippen LogP contribution in [0.1, 0.15) is 38.2 Å². The van der Waals surface area contributed by atoms with Crippen LogP contribution in [0.5, 0.6) is 11.5 Å². The Balaban J connectivity index is 1.08. The number of carbonyl (C=O) groups excluding carboxylic acids is 2. The Labute approximate surface area is 242 Å². The fraction of sp³-hybridized carbons (Fsp3) is 0.548. The van der Waals surface area contributed by atoms with Crippen LogP contribution in [0.3, 0.4) is 0 Å². The lowest BCUT2D eigenvalue weighted by molar-refractivity contribution is -0.149. The molecule has 4 N–H and O–H groups in total. The minimum atomic E-state index is -0.624. The number of phenolic OH excluding ortho intramolecular Hbond substituents is 1. The number of likely N-dealkylation sites (tertiary alicyclic amines) is 2. The summed E-state index contributed by atoms with van der Waals surface area (Å²) in [5, 5.41) is 26.3. The molecule has 2 saturated heterocycles. The fourth-order valence-corrected chi connectivity index (χ4v) is 5.28. The number of aromatic hydroxyl groups is 1. The number of anilines is 1. The lowest BCUT2D eigenvalue weighted by Crippen LogP contribution is -2.51. The number of nitrogens with zero attached hydrogens (tertiary/aromatic N) is 2. The van der Waals surface area contributed by atoms with E-state index < -0.39 is 6.10 Å². The number of nitrogens with one attached hydrogen (secondary N) is 2. The van der Waals surface area contributed by atoms with Crippen LogP contribution in [-0.2, 0) is 16.0 Å². The van der Waals surface area contributed by atoms with Crippen molar-refractivity contribution in [3.8, 4) is 11.5 Å². The third kappa shape index (κ3) is 9.54. The van der Waals surface area contributed by atoms with Crippen molar-refractivity contribution in [2.75, 3.05) is 57.8 Å². The average Bonchev–Trinajstić information content (AvgIpc) is 3.00. The Kier molecular flexibility index (Phi) is 11.5. The van der Waals surface area contributed by atoms with Gasteiger partial charge in [0.1, 0.15) is 24.2 Å². The Hall–Kier alpha value is -3.50. The largest absolute Gasteiger partial charge is 0.508 e. The van der Waals surface area contributed by atoms with Crippen LogP contribution in [0.4, 0.5) is 10.5 Å². The summed E-state index contributed by atoms with van der Waals surface area (Å²) in [7, 11) is 0. The zero-order valence-electron chi connectivity index (χ0n) is 24.0. The average molecular weight is 569 g/mol. The van der Waals surface area contributed by atoms with Crippen molar-refractivity contribution in [1.82, 2.24) is 15.1 Å². The highest BCUT2D eigenvalue weighted by molar-refractivity contribution is 5.76. The number of hydrogen-bond donors (Lipinski definition) is 4. The number of amides is 2.